The molecule has 0 amide bonds. The highest BCUT2D eigenvalue weighted by molar-refractivity contribution is 14.1. The predicted octanol–water partition coefficient (Wildman–Crippen LogP) is 2.84. The van der Waals surface area contributed by atoms with E-state index in [0.29, 0.717) is 0 Å². The topological polar surface area (TPSA) is 56.0 Å². The molecule has 0 saturated carbocycles. The normalized spacial score (nSPS) is 10.6. The van der Waals surface area contributed by atoms with Crippen LogP contribution in [0.15, 0.2) is 6.07 Å². The van der Waals surface area contributed by atoms with Crippen molar-refractivity contribution in [3.63, 3.8) is 0 Å². The van der Waals surface area contributed by atoms with Gasteiger partial charge in [0, 0.05) is 12.5 Å². The Labute approximate surface area is 91.6 Å². The number of halogens is 3. The van der Waals surface area contributed by atoms with Crippen LogP contribution in [-0.2, 0) is 0 Å². The van der Waals surface area contributed by atoms with E-state index in [1.54, 1.807) is 0 Å². The van der Waals surface area contributed by atoms with Crippen LogP contribution in [0.5, 0.6) is 0 Å². The Hall–Kier alpha value is -0.860. The Morgan fingerprint density at radius 2 is 2.21 bits per heavy atom. The van der Waals surface area contributed by atoms with Crippen molar-refractivity contribution in [2.75, 3.05) is 0 Å². The molecule has 0 N–H and O–H groups in total. The molecule has 7 heteroatoms. The van der Waals surface area contributed by atoms with E-state index < -0.39 is 17.2 Å². The van der Waals surface area contributed by atoms with Gasteiger partial charge in [0.2, 0.25) is 0 Å². The largest absolute Gasteiger partial charge is 0.377 e. The molecular weight excluding hydrogens is 309 g/mol. The van der Waals surface area contributed by atoms with Crippen molar-refractivity contribution in [1.82, 2.24) is 4.98 Å². The van der Waals surface area contributed by atoms with E-state index >= 15 is 0 Å². The lowest BCUT2D eigenvalue weighted by atomic mass is 10.2. The zero-order valence-corrected chi connectivity index (χ0v) is 9.16. The molecule has 76 valence electrons. The molecule has 0 aliphatic rings. The maximum absolute atomic E-state index is 12.4. The van der Waals surface area contributed by atoms with E-state index in [4.69, 9.17) is 0 Å². The van der Waals surface area contributed by atoms with E-state index in [9.17, 15) is 18.9 Å². The number of nitro groups is 1. The van der Waals surface area contributed by atoms with Crippen LogP contribution in [0.3, 0.4) is 0 Å². The van der Waals surface area contributed by atoms with Gasteiger partial charge in [-0.25, -0.2) is 8.78 Å². The molecule has 14 heavy (non-hydrogen) atoms. The Bertz CT molecular complexity index is 384. The van der Waals surface area contributed by atoms with E-state index in [0.717, 1.165) is 6.07 Å². The molecule has 0 spiro atoms. The fraction of sp³-hybridized carbons (Fsp3) is 0.286. The summed E-state index contributed by atoms with van der Waals surface area (Å²) < 4.78 is 24.7. The van der Waals surface area contributed by atoms with Crippen molar-refractivity contribution in [2.45, 2.75) is 13.3 Å². The van der Waals surface area contributed by atoms with Crippen molar-refractivity contribution < 1.29 is 13.7 Å². The molecule has 1 heterocycles. The number of hydrogen-bond acceptors (Lipinski definition) is 3. The van der Waals surface area contributed by atoms with Gasteiger partial charge in [0.15, 0.2) is 5.69 Å². The fourth-order valence-electron chi connectivity index (χ4n) is 0.946. The van der Waals surface area contributed by atoms with Gasteiger partial charge in [0.1, 0.15) is 3.57 Å². The summed E-state index contributed by atoms with van der Waals surface area (Å²) in [5.41, 5.74) is -0.128. The highest BCUT2D eigenvalue weighted by Gasteiger charge is 2.23. The molecular formula is C7H5F2IN2O2. The second-order valence-electron chi connectivity index (χ2n) is 2.55. The summed E-state index contributed by atoms with van der Waals surface area (Å²) in [4.78, 5) is 13.3. The van der Waals surface area contributed by atoms with Crippen LogP contribution in [0, 0.1) is 20.6 Å². The summed E-state index contributed by atoms with van der Waals surface area (Å²) in [5, 5.41) is 10.4. The number of nitrogens with zero attached hydrogens (tertiary/aromatic N) is 2. The van der Waals surface area contributed by atoms with Crippen LogP contribution in [0.4, 0.5) is 14.6 Å². The highest BCUT2D eigenvalue weighted by Crippen LogP contribution is 2.30. The minimum absolute atomic E-state index is 0.104. The van der Waals surface area contributed by atoms with Crippen LogP contribution in [-0.4, -0.2) is 9.91 Å². The first-order valence-corrected chi connectivity index (χ1v) is 4.61. The molecule has 1 aromatic heterocycles. The van der Waals surface area contributed by atoms with Gasteiger partial charge in [0.05, 0.1) is 0 Å². The molecule has 0 fully saturated rings. The molecule has 4 nitrogen and oxygen atoms in total. The molecule has 0 radical (unpaired) electrons. The lowest BCUT2D eigenvalue weighted by Gasteiger charge is -2.03. The van der Waals surface area contributed by atoms with Gasteiger partial charge in [-0.2, -0.15) is 0 Å². The first-order valence-electron chi connectivity index (χ1n) is 3.53. The van der Waals surface area contributed by atoms with E-state index in [-0.39, 0.29) is 14.8 Å². The Balaban J connectivity index is 3.40. The van der Waals surface area contributed by atoms with Crippen LogP contribution in [0.25, 0.3) is 0 Å². The van der Waals surface area contributed by atoms with Crippen molar-refractivity contribution >= 4 is 28.4 Å². The maximum atomic E-state index is 12.4. The zero-order chi connectivity index (χ0) is 10.9. The van der Waals surface area contributed by atoms with Gasteiger partial charge in [-0.05, 0) is 38.6 Å². The van der Waals surface area contributed by atoms with Crippen molar-refractivity contribution in [1.29, 1.82) is 0 Å². The first-order chi connectivity index (χ1) is 6.43. The van der Waals surface area contributed by atoms with Crippen molar-refractivity contribution in [3.05, 3.63) is 31.0 Å². The molecule has 0 aliphatic heterocycles. The Morgan fingerprint density at radius 3 is 2.64 bits per heavy atom. The summed E-state index contributed by atoms with van der Waals surface area (Å²) in [6.07, 6.45) is -2.72. The van der Waals surface area contributed by atoms with Gasteiger partial charge in [-0.15, -0.1) is 0 Å². The third-order valence-electron chi connectivity index (χ3n) is 1.50. The summed E-state index contributed by atoms with van der Waals surface area (Å²) in [6, 6.07) is 1.15. The number of rotatable bonds is 2. The lowest BCUT2D eigenvalue weighted by Crippen LogP contribution is -2.01. The quantitative estimate of drug-likeness (QED) is 0.479. The van der Waals surface area contributed by atoms with E-state index in [2.05, 4.69) is 4.98 Å². The van der Waals surface area contributed by atoms with Crippen LogP contribution in [0.2, 0.25) is 0 Å². The average Bonchev–Trinajstić information content (AvgIpc) is 2.07. The minimum Gasteiger partial charge on any atom is -0.358 e. The lowest BCUT2D eigenvalue weighted by molar-refractivity contribution is -0.390. The van der Waals surface area contributed by atoms with Gasteiger partial charge in [0.25, 0.3) is 6.43 Å². The van der Waals surface area contributed by atoms with Gasteiger partial charge in [-0.1, -0.05) is 0 Å². The van der Waals surface area contributed by atoms with Crippen LogP contribution < -0.4 is 0 Å². The summed E-state index contributed by atoms with van der Waals surface area (Å²) in [7, 11) is 0. The summed E-state index contributed by atoms with van der Waals surface area (Å²) >= 11 is 1.50. The van der Waals surface area contributed by atoms with Gasteiger partial charge in [-0.3, -0.25) is 0 Å². The average molecular weight is 314 g/mol. The summed E-state index contributed by atoms with van der Waals surface area (Å²) in [6.45, 7) is 1.44. The standard InChI is InChI=1S/C7H5F2IN2O2/c1-3-2-4(6(8)9)5(10)7(11-3)12(13)14/h2,6H,1H3. The maximum Gasteiger partial charge on any atom is 0.377 e. The number of aromatic nitrogens is 1. The van der Waals surface area contributed by atoms with E-state index in [1.807, 2.05) is 0 Å². The van der Waals surface area contributed by atoms with Crippen molar-refractivity contribution in [2.24, 2.45) is 0 Å². The SMILES string of the molecule is Cc1cc(C(F)F)c(I)c([N+](=O)[O-])n1. The molecule has 0 aliphatic carbocycles. The fourth-order valence-corrected chi connectivity index (χ4v) is 1.65. The van der Waals surface area contributed by atoms with E-state index in [1.165, 1.54) is 29.5 Å². The first kappa shape index (κ1) is 11.2. The molecule has 1 rings (SSSR count). The Kier molecular flexibility index (Phi) is 3.29. The van der Waals surface area contributed by atoms with Crippen molar-refractivity contribution in [3.8, 4) is 0 Å². The molecule has 1 aromatic rings. The molecule has 0 unspecified atom stereocenters. The number of alkyl halides is 2. The number of aryl methyl sites for hydroxylation is 1. The zero-order valence-electron chi connectivity index (χ0n) is 7.00. The molecule has 0 bridgehead atoms. The number of hydrogen-bond donors (Lipinski definition) is 0. The van der Waals surface area contributed by atoms with Crippen LogP contribution >= 0.6 is 22.6 Å². The molecule has 0 aromatic carbocycles. The smallest absolute Gasteiger partial charge is 0.358 e. The third-order valence-corrected chi connectivity index (χ3v) is 2.61. The van der Waals surface area contributed by atoms with Gasteiger partial charge >= 0.3 is 5.82 Å². The second kappa shape index (κ2) is 4.11. The molecule has 0 atom stereocenters. The monoisotopic (exact) mass is 314 g/mol. The second-order valence-corrected chi connectivity index (χ2v) is 3.63. The predicted molar refractivity (Wildman–Crippen MR) is 53.3 cm³/mol. The highest BCUT2D eigenvalue weighted by atomic mass is 127. The summed E-state index contributed by atoms with van der Waals surface area (Å²) in [5.74, 6) is -0.513. The van der Waals surface area contributed by atoms with Crippen LogP contribution in [0.1, 0.15) is 17.7 Å². The minimum atomic E-state index is -2.72. The Morgan fingerprint density at radius 1 is 1.64 bits per heavy atom. The molecule has 0 saturated heterocycles. The van der Waals surface area contributed by atoms with Gasteiger partial charge < -0.3 is 10.1 Å². The number of pyridine rings is 1. The third kappa shape index (κ3) is 2.14.